The van der Waals surface area contributed by atoms with Crippen molar-refractivity contribution in [1.82, 2.24) is 4.72 Å². The van der Waals surface area contributed by atoms with Gasteiger partial charge in [0.25, 0.3) is 0 Å². The second kappa shape index (κ2) is 5.48. The molecule has 0 radical (unpaired) electrons. The van der Waals surface area contributed by atoms with Crippen molar-refractivity contribution in [3.63, 3.8) is 0 Å². The largest absolute Gasteiger partial charge is 0.397 e. The number of ether oxygens (including phenoxy) is 1. The van der Waals surface area contributed by atoms with Gasteiger partial charge in [0.05, 0.1) is 5.69 Å². The molecule has 0 atom stereocenters. The second-order valence-electron chi connectivity index (χ2n) is 4.95. The summed E-state index contributed by atoms with van der Waals surface area (Å²) >= 11 is 0. The SMILES string of the molecule is Cc1ccc(C)c(S(=O)(=O)NC2CCOCC2)c1N. The average Bonchev–Trinajstić information content (AvgIpc) is 2.35. The molecule has 0 unspecified atom stereocenters. The Morgan fingerprint density at radius 3 is 2.42 bits per heavy atom. The van der Waals surface area contributed by atoms with Crippen LogP contribution in [-0.2, 0) is 14.8 Å². The Bertz CT molecular complexity index is 563. The first kappa shape index (κ1) is 14.3. The van der Waals surface area contributed by atoms with Gasteiger partial charge in [-0.2, -0.15) is 0 Å². The molecular formula is C13H20N2O3S. The normalized spacial score (nSPS) is 17.6. The van der Waals surface area contributed by atoms with Gasteiger partial charge < -0.3 is 10.5 Å². The molecule has 1 aromatic rings. The van der Waals surface area contributed by atoms with E-state index in [2.05, 4.69) is 4.72 Å². The third kappa shape index (κ3) is 3.08. The molecule has 0 bridgehead atoms. The minimum atomic E-state index is -3.57. The number of nitrogen functional groups attached to an aromatic ring is 1. The van der Waals surface area contributed by atoms with Gasteiger partial charge in [-0.25, -0.2) is 13.1 Å². The van der Waals surface area contributed by atoms with Gasteiger partial charge in [-0.05, 0) is 37.8 Å². The van der Waals surface area contributed by atoms with Gasteiger partial charge in [-0.1, -0.05) is 12.1 Å². The van der Waals surface area contributed by atoms with Gasteiger partial charge >= 0.3 is 0 Å². The van der Waals surface area contributed by atoms with Crippen LogP contribution in [0.15, 0.2) is 17.0 Å². The topological polar surface area (TPSA) is 81.4 Å². The zero-order chi connectivity index (χ0) is 14.0. The van der Waals surface area contributed by atoms with E-state index in [0.29, 0.717) is 37.3 Å². The molecule has 0 saturated carbocycles. The number of anilines is 1. The van der Waals surface area contributed by atoms with Gasteiger partial charge in [-0.3, -0.25) is 0 Å². The molecule has 3 N–H and O–H groups in total. The minimum Gasteiger partial charge on any atom is -0.397 e. The fraction of sp³-hybridized carbons (Fsp3) is 0.538. The molecule has 1 saturated heterocycles. The Kier molecular flexibility index (Phi) is 4.13. The smallest absolute Gasteiger partial charge is 0.243 e. The Morgan fingerprint density at radius 1 is 1.21 bits per heavy atom. The van der Waals surface area contributed by atoms with E-state index in [9.17, 15) is 8.42 Å². The van der Waals surface area contributed by atoms with Crippen LogP contribution >= 0.6 is 0 Å². The molecule has 19 heavy (non-hydrogen) atoms. The summed E-state index contributed by atoms with van der Waals surface area (Å²) in [6.07, 6.45) is 1.40. The molecule has 106 valence electrons. The van der Waals surface area contributed by atoms with E-state index in [1.807, 2.05) is 13.0 Å². The maximum atomic E-state index is 12.5. The highest BCUT2D eigenvalue weighted by Crippen LogP contribution is 2.26. The van der Waals surface area contributed by atoms with E-state index in [1.165, 1.54) is 0 Å². The number of nitrogens with one attached hydrogen (secondary N) is 1. The number of rotatable bonds is 3. The molecule has 5 nitrogen and oxygen atoms in total. The van der Waals surface area contributed by atoms with Crippen LogP contribution in [-0.4, -0.2) is 27.7 Å². The van der Waals surface area contributed by atoms with Crippen molar-refractivity contribution >= 4 is 15.7 Å². The summed E-state index contributed by atoms with van der Waals surface area (Å²) in [5, 5.41) is 0. The quantitative estimate of drug-likeness (QED) is 0.821. The van der Waals surface area contributed by atoms with Crippen LogP contribution in [0.25, 0.3) is 0 Å². The number of aryl methyl sites for hydroxylation is 2. The molecule has 0 amide bonds. The Labute approximate surface area is 114 Å². The first-order valence-corrected chi connectivity index (χ1v) is 7.86. The molecule has 1 heterocycles. The Morgan fingerprint density at radius 2 is 1.79 bits per heavy atom. The molecule has 0 spiro atoms. The van der Waals surface area contributed by atoms with Gasteiger partial charge in [0.1, 0.15) is 4.90 Å². The average molecular weight is 284 g/mol. The van der Waals surface area contributed by atoms with Crippen LogP contribution in [0.5, 0.6) is 0 Å². The van der Waals surface area contributed by atoms with Crippen LogP contribution in [0.3, 0.4) is 0 Å². The Hall–Kier alpha value is -1.11. The summed E-state index contributed by atoms with van der Waals surface area (Å²) in [5.74, 6) is 0. The predicted octanol–water partition coefficient (Wildman–Crippen LogP) is 1.34. The highest BCUT2D eigenvalue weighted by atomic mass is 32.2. The standard InChI is InChI=1S/C13H20N2O3S/c1-9-3-4-10(2)13(12(9)14)19(16,17)15-11-5-7-18-8-6-11/h3-4,11,15H,5-8,14H2,1-2H3. The summed E-state index contributed by atoms with van der Waals surface area (Å²) in [4.78, 5) is 0.207. The fourth-order valence-corrected chi connectivity index (χ4v) is 3.99. The first-order valence-electron chi connectivity index (χ1n) is 6.37. The van der Waals surface area contributed by atoms with Crippen molar-refractivity contribution in [3.05, 3.63) is 23.3 Å². The number of benzene rings is 1. The maximum absolute atomic E-state index is 12.5. The molecule has 0 aliphatic carbocycles. The van der Waals surface area contributed by atoms with Crippen molar-refractivity contribution in [2.75, 3.05) is 18.9 Å². The van der Waals surface area contributed by atoms with Crippen molar-refractivity contribution in [3.8, 4) is 0 Å². The summed E-state index contributed by atoms with van der Waals surface area (Å²) in [6, 6.07) is 3.54. The van der Waals surface area contributed by atoms with E-state index in [-0.39, 0.29) is 10.9 Å². The molecule has 2 rings (SSSR count). The first-order chi connectivity index (χ1) is 8.92. The van der Waals surface area contributed by atoms with Gasteiger partial charge in [0.2, 0.25) is 10.0 Å². The zero-order valence-corrected chi connectivity index (χ0v) is 12.1. The van der Waals surface area contributed by atoms with Crippen LogP contribution in [0, 0.1) is 13.8 Å². The van der Waals surface area contributed by atoms with Crippen molar-refractivity contribution < 1.29 is 13.2 Å². The lowest BCUT2D eigenvalue weighted by Gasteiger charge is -2.24. The number of nitrogens with two attached hydrogens (primary N) is 1. The molecule has 1 aliphatic heterocycles. The van der Waals surface area contributed by atoms with Crippen LogP contribution < -0.4 is 10.5 Å². The molecule has 1 aliphatic rings. The summed E-state index contributed by atoms with van der Waals surface area (Å²) in [5.41, 5.74) is 7.71. The van der Waals surface area contributed by atoms with Crippen LogP contribution in [0.1, 0.15) is 24.0 Å². The summed E-state index contributed by atoms with van der Waals surface area (Å²) in [7, 11) is -3.57. The molecule has 1 fully saturated rings. The van der Waals surface area contributed by atoms with E-state index in [0.717, 1.165) is 5.56 Å². The fourth-order valence-electron chi connectivity index (χ4n) is 2.26. The highest BCUT2D eigenvalue weighted by Gasteiger charge is 2.25. The lowest BCUT2D eigenvalue weighted by Crippen LogP contribution is -2.39. The molecular weight excluding hydrogens is 264 g/mol. The van der Waals surface area contributed by atoms with Crippen molar-refractivity contribution in [1.29, 1.82) is 0 Å². The predicted molar refractivity (Wildman–Crippen MR) is 74.5 cm³/mol. The third-order valence-corrected chi connectivity index (χ3v) is 5.15. The molecule has 0 aromatic heterocycles. The second-order valence-corrected chi connectivity index (χ2v) is 6.60. The monoisotopic (exact) mass is 284 g/mol. The Balaban J connectivity index is 2.31. The molecule has 6 heteroatoms. The van der Waals surface area contributed by atoms with Gasteiger partial charge in [0, 0.05) is 19.3 Å². The number of hydrogen-bond donors (Lipinski definition) is 2. The molecule has 1 aromatic carbocycles. The zero-order valence-electron chi connectivity index (χ0n) is 11.3. The van der Waals surface area contributed by atoms with Crippen LogP contribution in [0.4, 0.5) is 5.69 Å². The van der Waals surface area contributed by atoms with E-state index < -0.39 is 10.0 Å². The lowest BCUT2D eigenvalue weighted by molar-refractivity contribution is 0.0832. The number of hydrogen-bond acceptors (Lipinski definition) is 4. The minimum absolute atomic E-state index is 0.0712. The van der Waals surface area contributed by atoms with Crippen molar-refractivity contribution in [2.45, 2.75) is 37.6 Å². The van der Waals surface area contributed by atoms with Crippen LogP contribution in [0.2, 0.25) is 0 Å². The van der Waals surface area contributed by atoms with E-state index >= 15 is 0 Å². The third-order valence-electron chi connectivity index (χ3n) is 3.42. The van der Waals surface area contributed by atoms with E-state index in [1.54, 1.807) is 13.0 Å². The van der Waals surface area contributed by atoms with Gasteiger partial charge in [-0.15, -0.1) is 0 Å². The van der Waals surface area contributed by atoms with Gasteiger partial charge in [0.15, 0.2) is 0 Å². The lowest BCUT2D eigenvalue weighted by atomic mass is 10.1. The van der Waals surface area contributed by atoms with E-state index in [4.69, 9.17) is 10.5 Å². The highest BCUT2D eigenvalue weighted by molar-refractivity contribution is 7.89. The summed E-state index contributed by atoms with van der Waals surface area (Å²) in [6.45, 7) is 4.75. The van der Waals surface area contributed by atoms with Crippen molar-refractivity contribution in [2.24, 2.45) is 0 Å². The summed E-state index contributed by atoms with van der Waals surface area (Å²) < 4.78 is 32.9. The maximum Gasteiger partial charge on any atom is 0.243 e. The number of sulfonamides is 1.